The van der Waals surface area contributed by atoms with Gasteiger partial charge in [0.05, 0.1) is 10.7 Å². The highest BCUT2D eigenvalue weighted by Gasteiger charge is 2.17. The molecule has 0 heterocycles. The molecule has 3 nitrogen and oxygen atoms in total. The minimum absolute atomic E-state index is 0.280. The normalized spacial score (nSPS) is 10.2. The largest absolute Gasteiger partial charge is 0.318 e. The van der Waals surface area contributed by atoms with Gasteiger partial charge in [-0.25, -0.2) is 0 Å². The first-order valence-electron chi connectivity index (χ1n) is 5.85. The van der Waals surface area contributed by atoms with Gasteiger partial charge in [0, 0.05) is 10.6 Å². The molecule has 0 fully saturated rings. The second kappa shape index (κ2) is 6.07. The van der Waals surface area contributed by atoms with Gasteiger partial charge in [0.15, 0.2) is 0 Å². The number of benzene rings is 2. The van der Waals surface area contributed by atoms with E-state index in [9.17, 15) is 9.59 Å². The lowest BCUT2D eigenvalue weighted by Crippen LogP contribution is -2.23. The van der Waals surface area contributed by atoms with Gasteiger partial charge >= 0.3 is 0 Å². The molecule has 20 heavy (non-hydrogen) atoms. The van der Waals surface area contributed by atoms with Crippen LogP contribution in [0.15, 0.2) is 42.5 Å². The molecule has 0 spiro atoms. The summed E-state index contributed by atoms with van der Waals surface area (Å²) in [5.41, 5.74) is 1.70. The van der Waals surface area contributed by atoms with Crippen molar-refractivity contribution in [2.24, 2.45) is 0 Å². The molecule has 102 valence electrons. The van der Waals surface area contributed by atoms with Crippen molar-refractivity contribution in [2.45, 2.75) is 6.92 Å². The van der Waals surface area contributed by atoms with Crippen LogP contribution in [0.5, 0.6) is 0 Å². The van der Waals surface area contributed by atoms with Gasteiger partial charge in [-0.1, -0.05) is 53.0 Å². The van der Waals surface area contributed by atoms with Crippen molar-refractivity contribution >= 4 is 40.6 Å². The average Bonchev–Trinajstić information content (AvgIpc) is 2.42. The Labute approximate surface area is 126 Å². The highest BCUT2D eigenvalue weighted by Crippen LogP contribution is 2.25. The number of carbonyl (C=O) groups excluding carboxylic acids is 2. The van der Waals surface area contributed by atoms with Crippen molar-refractivity contribution < 1.29 is 9.59 Å². The quantitative estimate of drug-likeness (QED) is 0.684. The zero-order valence-electron chi connectivity index (χ0n) is 10.6. The predicted molar refractivity (Wildman–Crippen MR) is 80.6 cm³/mol. The Morgan fingerprint density at radius 2 is 1.65 bits per heavy atom. The lowest BCUT2D eigenvalue weighted by atomic mass is 10.1. The smallest absolute Gasteiger partial charge is 0.296 e. The summed E-state index contributed by atoms with van der Waals surface area (Å²) in [5.74, 6) is -1.35. The third kappa shape index (κ3) is 3.38. The molecule has 2 rings (SSSR count). The fraction of sp³-hybridized carbons (Fsp3) is 0.0667. The van der Waals surface area contributed by atoms with E-state index in [0.717, 1.165) is 5.56 Å². The molecule has 1 amide bonds. The minimum Gasteiger partial charge on any atom is -0.318 e. The van der Waals surface area contributed by atoms with Crippen LogP contribution < -0.4 is 5.32 Å². The number of Topliss-reactive ketones (excluding diaryl/α,β-unsaturated/α-hetero) is 1. The molecule has 0 saturated carbocycles. The number of ketones is 1. The molecule has 0 aliphatic rings. The fourth-order valence-electron chi connectivity index (χ4n) is 1.61. The Bertz CT molecular complexity index is 666. The average molecular weight is 308 g/mol. The molecule has 0 aromatic heterocycles. The standard InChI is InChI=1S/C15H11Cl2NO2/c1-9-2-4-10(5-3-9)14(19)15(20)18-13-7-6-11(16)8-12(13)17/h2-8H,1H3,(H,18,20). The molecule has 5 heteroatoms. The molecule has 0 saturated heterocycles. The molecule has 2 aromatic carbocycles. The van der Waals surface area contributed by atoms with Crippen molar-refractivity contribution in [1.82, 2.24) is 0 Å². The molecule has 0 aliphatic carbocycles. The van der Waals surface area contributed by atoms with Crippen molar-refractivity contribution in [1.29, 1.82) is 0 Å². The molecule has 0 atom stereocenters. The number of rotatable bonds is 3. The predicted octanol–water partition coefficient (Wildman–Crippen LogP) is 4.12. The number of carbonyl (C=O) groups is 2. The lowest BCUT2D eigenvalue weighted by molar-refractivity contribution is -0.112. The van der Waals surface area contributed by atoms with Gasteiger partial charge in [-0.3, -0.25) is 9.59 Å². The molecule has 0 aliphatic heterocycles. The van der Waals surface area contributed by atoms with E-state index in [-0.39, 0.29) is 5.02 Å². The molecule has 1 N–H and O–H groups in total. The van der Waals surface area contributed by atoms with Crippen LogP contribution in [-0.4, -0.2) is 11.7 Å². The topological polar surface area (TPSA) is 46.2 Å². The van der Waals surface area contributed by atoms with Gasteiger partial charge in [0.1, 0.15) is 0 Å². The fourth-order valence-corrected chi connectivity index (χ4v) is 2.06. The van der Waals surface area contributed by atoms with E-state index < -0.39 is 11.7 Å². The Kier molecular flexibility index (Phi) is 4.42. The van der Waals surface area contributed by atoms with Gasteiger partial charge < -0.3 is 5.32 Å². The van der Waals surface area contributed by atoms with Crippen molar-refractivity contribution in [3.05, 3.63) is 63.6 Å². The Morgan fingerprint density at radius 3 is 2.25 bits per heavy atom. The number of anilines is 1. The first-order chi connectivity index (χ1) is 9.47. The Hall–Kier alpha value is -1.84. The van der Waals surface area contributed by atoms with E-state index in [4.69, 9.17) is 23.2 Å². The summed E-state index contributed by atoms with van der Waals surface area (Å²) in [6.07, 6.45) is 0. The lowest BCUT2D eigenvalue weighted by Gasteiger charge is -2.07. The Morgan fingerprint density at radius 1 is 1.00 bits per heavy atom. The summed E-state index contributed by atoms with van der Waals surface area (Å²) >= 11 is 11.7. The monoisotopic (exact) mass is 307 g/mol. The first-order valence-corrected chi connectivity index (χ1v) is 6.60. The van der Waals surface area contributed by atoms with Gasteiger partial charge in [0.2, 0.25) is 0 Å². The summed E-state index contributed by atoms with van der Waals surface area (Å²) in [4.78, 5) is 23.8. The third-order valence-electron chi connectivity index (χ3n) is 2.70. The van der Waals surface area contributed by atoms with E-state index in [0.29, 0.717) is 16.3 Å². The van der Waals surface area contributed by atoms with Crippen molar-refractivity contribution in [2.75, 3.05) is 5.32 Å². The minimum atomic E-state index is -0.738. The van der Waals surface area contributed by atoms with Crippen LogP contribution in [0.3, 0.4) is 0 Å². The maximum Gasteiger partial charge on any atom is 0.296 e. The molecule has 0 unspecified atom stereocenters. The van der Waals surface area contributed by atoms with Gasteiger partial charge in [-0.2, -0.15) is 0 Å². The zero-order valence-corrected chi connectivity index (χ0v) is 12.1. The van der Waals surface area contributed by atoms with Crippen LogP contribution in [0, 0.1) is 6.92 Å². The SMILES string of the molecule is Cc1ccc(C(=O)C(=O)Nc2ccc(Cl)cc2Cl)cc1. The highest BCUT2D eigenvalue weighted by molar-refractivity contribution is 6.47. The van der Waals surface area contributed by atoms with Gasteiger partial charge in [-0.15, -0.1) is 0 Å². The van der Waals surface area contributed by atoms with Crippen LogP contribution in [0.1, 0.15) is 15.9 Å². The maximum absolute atomic E-state index is 12.0. The van der Waals surface area contributed by atoms with Gasteiger partial charge in [-0.05, 0) is 25.1 Å². The van der Waals surface area contributed by atoms with Crippen LogP contribution in [0.25, 0.3) is 0 Å². The number of amides is 1. The first kappa shape index (κ1) is 14.6. The van der Waals surface area contributed by atoms with E-state index >= 15 is 0 Å². The molecular weight excluding hydrogens is 297 g/mol. The number of nitrogens with one attached hydrogen (secondary N) is 1. The zero-order chi connectivity index (χ0) is 14.7. The van der Waals surface area contributed by atoms with Crippen LogP contribution >= 0.6 is 23.2 Å². The number of hydrogen-bond acceptors (Lipinski definition) is 2. The summed E-state index contributed by atoms with van der Waals surface area (Å²) < 4.78 is 0. The molecule has 2 aromatic rings. The highest BCUT2D eigenvalue weighted by atomic mass is 35.5. The summed E-state index contributed by atoms with van der Waals surface area (Å²) in [7, 11) is 0. The van der Waals surface area contributed by atoms with E-state index in [2.05, 4.69) is 5.32 Å². The number of aryl methyl sites for hydroxylation is 1. The summed E-state index contributed by atoms with van der Waals surface area (Å²) in [6.45, 7) is 1.90. The van der Waals surface area contributed by atoms with Crippen LogP contribution in [0.2, 0.25) is 10.0 Å². The number of hydrogen-bond donors (Lipinski definition) is 1. The van der Waals surface area contributed by atoms with E-state index in [1.54, 1.807) is 36.4 Å². The maximum atomic E-state index is 12.0. The molecule has 0 radical (unpaired) electrons. The third-order valence-corrected chi connectivity index (χ3v) is 3.25. The van der Waals surface area contributed by atoms with Crippen molar-refractivity contribution in [3.8, 4) is 0 Å². The van der Waals surface area contributed by atoms with Crippen LogP contribution in [0.4, 0.5) is 5.69 Å². The Balaban J connectivity index is 2.15. The second-order valence-electron chi connectivity index (χ2n) is 4.27. The van der Waals surface area contributed by atoms with Gasteiger partial charge in [0.25, 0.3) is 11.7 Å². The van der Waals surface area contributed by atoms with E-state index in [1.807, 2.05) is 6.92 Å². The van der Waals surface area contributed by atoms with E-state index in [1.165, 1.54) is 6.07 Å². The number of halogens is 2. The van der Waals surface area contributed by atoms with Crippen LogP contribution in [-0.2, 0) is 4.79 Å². The summed E-state index contributed by atoms with van der Waals surface area (Å²) in [5, 5.41) is 3.21. The molecule has 0 bridgehead atoms. The van der Waals surface area contributed by atoms with Crippen molar-refractivity contribution in [3.63, 3.8) is 0 Å². The second-order valence-corrected chi connectivity index (χ2v) is 5.12. The summed E-state index contributed by atoms with van der Waals surface area (Å²) in [6, 6.07) is 11.4. The molecular formula is C15H11Cl2NO2.